The minimum absolute atomic E-state index is 0.180. The topological polar surface area (TPSA) is 134 Å². The second-order valence-corrected chi connectivity index (χ2v) is 8.06. The van der Waals surface area contributed by atoms with Gasteiger partial charge in [0.25, 0.3) is 5.91 Å². The Hall–Kier alpha value is -5.23. The Balaban J connectivity index is 0.000000402. The van der Waals surface area contributed by atoms with Crippen LogP contribution in [0.15, 0.2) is 73.1 Å². The van der Waals surface area contributed by atoms with Crippen molar-refractivity contribution >= 4 is 23.4 Å². The maximum absolute atomic E-state index is 13.6. The molecule has 0 aliphatic carbocycles. The number of carbonyl (C=O) groups excluding carboxylic acids is 1. The number of carboxylic acid groups (broad SMARTS) is 2. The van der Waals surface area contributed by atoms with Crippen molar-refractivity contribution in [3.8, 4) is 11.4 Å². The van der Waals surface area contributed by atoms with Gasteiger partial charge in [-0.05, 0) is 48.5 Å². The number of benzene rings is 1. The number of aromatic nitrogens is 3. The lowest BCUT2D eigenvalue weighted by atomic mass is 10.1. The van der Waals surface area contributed by atoms with Crippen LogP contribution in [0.5, 0.6) is 0 Å². The molecule has 9 nitrogen and oxygen atoms in total. The summed E-state index contributed by atoms with van der Waals surface area (Å²) in [5.41, 5.74) is 0.311. The first-order valence-corrected chi connectivity index (χ1v) is 11.3. The molecule has 0 bridgehead atoms. The molecule has 0 radical (unpaired) electrons. The van der Waals surface area contributed by atoms with Gasteiger partial charge in [0, 0.05) is 18.0 Å². The molecule has 1 unspecified atom stereocenters. The monoisotopic (exact) mass is 642 g/mol. The zero-order chi connectivity index (χ0) is 33.5. The second kappa shape index (κ2) is 13.8. The summed E-state index contributed by atoms with van der Waals surface area (Å²) in [6, 6.07) is 12.1. The molecule has 1 amide bonds. The number of hydrogen-bond acceptors (Lipinski definition) is 5. The smallest absolute Gasteiger partial charge is 0.475 e. The molecule has 3 aromatic heterocycles. The summed E-state index contributed by atoms with van der Waals surface area (Å²) >= 11 is 0. The fourth-order valence-electron chi connectivity index (χ4n) is 3.08. The molecule has 0 fully saturated rings. The van der Waals surface area contributed by atoms with Crippen LogP contribution in [0.25, 0.3) is 16.9 Å². The second-order valence-electron chi connectivity index (χ2n) is 8.06. The van der Waals surface area contributed by atoms with Crippen molar-refractivity contribution in [3.05, 3.63) is 90.3 Å². The Bertz CT molecular complexity index is 1560. The summed E-state index contributed by atoms with van der Waals surface area (Å²) in [6.45, 7) is 0. The van der Waals surface area contributed by atoms with E-state index in [0.29, 0.717) is 16.9 Å². The highest BCUT2D eigenvalue weighted by Gasteiger charge is 2.43. The fourth-order valence-corrected chi connectivity index (χ4v) is 3.08. The molecule has 236 valence electrons. The number of amides is 1. The Morgan fingerprint density at radius 3 is 1.75 bits per heavy atom. The van der Waals surface area contributed by atoms with Gasteiger partial charge in [0.1, 0.15) is 11.6 Å². The van der Waals surface area contributed by atoms with Gasteiger partial charge in [-0.1, -0.05) is 12.1 Å². The summed E-state index contributed by atoms with van der Waals surface area (Å²) in [5, 5.41) is 16.2. The third-order valence-corrected chi connectivity index (χ3v) is 4.94. The summed E-state index contributed by atoms with van der Waals surface area (Å²) in [4.78, 5) is 38.6. The van der Waals surface area contributed by atoms with Crippen molar-refractivity contribution in [1.29, 1.82) is 0 Å². The van der Waals surface area contributed by atoms with E-state index in [1.165, 1.54) is 48.7 Å². The first kappa shape index (κ1) is 35.0. The molecule has 0 aliphatic rings. The van der Waals surface area contributed by atoms with Crippen molar-refractivity contribution in [2.75, 3.05) is 0 Å². The van der Waals surface area contributed by atoms with Crippen molar-refractivity contribution in [3.63, 3.8) is 0 Å². The minimum atomic E-state index is -5.08. The number of fused-ring (bicyclic) bond motifs is 1. The number of alkyl halides is 9. The molecule has 4 rings (SSSR count). The minimum Gasteiger partial charge on any atom is -0.475 e. The highest BCUT2D eigenvalue weighted by atomic mass is 19.4. The molecular weight excluding hydrogens is 626 g/mol. The lowest BCUT2D eigenvalue weighted by Crippen LogP contribution is -2.38. The van der Waals surface area contributed by atoms with Gasteiger partial charge in [-0.15, -0.1) is 0 Å². The predicted molar refractivity (Wildman–Crippen MR) is 128 cm³/mol. The van der Waals surface area contributed by atoms with E-state index in [0.717, 1.165) is 0 Å². The number of hydrogen-bond donors (Lipinski definition) is 3. The van der Waals surface area contributed by atoms with Crippen molar-refractivity contribution in [1.82, 2.24) is 19.7 Å². The van der Waals surface area contributed by atoms with Crippen LogP contribution in [0.4, 0.5) is 43.9 Å². The van der Waals surface area contributed by atoms with E-state index in [1.807, 2.05) is 5.32 Å². The molecule has 44 heavy (non-hydrogen) atoms. The van der Waals surface area contributed by atoms with Crippen LogP contribution in [-0.4, -0.2) is 61.0 Å². The van der Waals surface area contributed by atoms with E-state index in [-0.39, 0.29) is 11.4 Å². The third-order valence-electron chi connectivity index (χ3n) is 4.94. The number of halogens is 10. The standard InChI is InChI=1S/C21H14F4N4O.2C2HF3O2/c22-14-9-7-13(8-10-14)19-27-17(16-6-2-4-12-29(16)19)20(30)28-18(21(23,24)25)15-5-1-3-11-26-15;2*3-2(4,5)1(6)7/h1-12,18H,(H,28,30);2*(H,6,7). The summed E-state index contributed by atoms with van der Waals surface area (Å²) in [7, 11) is 0. The van der Waals surface area contributed by atoms with Gasteiger partial charge in [-0.3, -0.25) is 14.2 Å². The molecule has 3 N–H and O–H groups in total. The Morgan fingerprint density at radius 1 is 0.773 bits per heavy atom. The highest BCUT2D eigenvalue weighted by Crippen LogP contribution is 2.32. The fraction of sp³-hybridized carbons (Fsp3) is 0.160. The molecule has 1 atom stereocenters. The van der Waals surface area contributed by atoms with Gasteiger partial charge in [0.05, 0.1) is 11.2 Å². The number of carboxylic acids is 2. The van der Waals surface area contributed by atoms with Gasteiger partial charge in [-0.2, -0.15) is 39.5 Å². The lowest BCUT2D eigenvalue weighted by molar-refractivity contribution is -0.193. The van der Waals surface area contributed by atoms with Crippen LogP contribution in [0.3, 0.4) is 0 Å². The van der Waals surface area contributed by atoms with E-state index in [1.54, 1.807) is 28.8 Å². The summed E-state index contributed by atoms with van der Waals surface area (Å²) in [5.74, 6) is -6.65. The largest absolute Gasteiger partial charge is 0.490 e. The van der Waals surface area contributed by atoms with E-state index >= 15 is 0 Å². The number of nitrogens with one attached hydrogen (secondary N) is 1. The van der Waals surface area contributed by atoms with E-state index in [4.69, 9.17) is 19.8 Å². The molecule has 4 aromatic rings. The Morgan fingerprint density at radius 2 is 1.30 bits per heavy atom. The van der Waals surface area contributed by atoms with Crippen LogP contribution in [-0.2, 0) is 9.59 Å². The van der Waals surface area contributed by atoms with Crippen molar-refractivity contribution in [2.45, 2.75) is 24.6 Å². The molecule has 1 aromatic carbocycles. The van der Waals surface area contributed by atoms with E-state index < -0.39 is 48.2 Å². The Labute approximate surface area is 238 Å². The number of imidazole rings is 1. The maximum Gasteiger partial charge on any atom is 0.490 e. The summed E-state index contributed by atoms with van der Waals surface area (Å²) < 4.78 is 119. The normalized spacial score (nSPS) is 12.2. The SMILES string of the molecule is O=C(NC(c1ccccn1)C(F)(F)F)c1nc(-c2ccc(F)cc2)n2ccccc12.O=C(O)C(F)(F)F.O=C(O)C(F)(F)F. The molecule has 3 heterocycles. The molecule has 0 spiro atoms. The first-order chi connectivity index (χ1) is 20.2. The third kappa shape index (κ3) is 9.66. The molecule has 19 heteroatoms. The number of pyridine rings is 2. The maximum atomic E-state index is 13.6. The zero-order valence-electron chi connectivity index (χ0n) is 21.2. The number of rotatable bonds is 4. The lowest BCUT2D eigenvalue weighted by Gasteiger charge is -2.20. The van der Waals surface area contributed by atoms with Crippen LogP contribution in [0.1, 0.15) is 22.2 Å². The van der Waals surface area contributed by atoms with Gasteiger partial charge in [0.2, 0.25) is 0 Å². The van der Waals surface area contributed by atoms with Crippen molar-refractivity contribution < 1.29 is 68.5 Å². The first-order valence-electron chi connectivity index (χ1n) is 11.3. The number of aliphatic carboxylic acids is 2. The van der Waals surface area contributed by atoms with Crippen LogP contribution in [0, 0.1) is 5.82 Å². The van der Waals surface area contributed by atoms with Gasteiger partial charge in [-0.25, -0.2) is 19.0 Å². The van der Waals surface area contributed by atoms with Crippen molar-refractivity contribution in [2.24, 2.45) is 0 Å². The van der Waals surface area contributed by atoms with E-state index in [2.05, 4.69) is 9.97 Å². The average molecular weight is 642 g/mol. The quantitative estimate of drug-likeness (QED) is 0.239. The Kier molecular flexibility index (Phi) is 11.0. The number of carbonyl (C=O) groups is 3. The average Bonchev–Trinajstić information content (AvgIpc) is 3.31. The van der Waals surface area contributed by atoms with Crippen LogP contribution < -0.4 is 5.32 Å². The molecule has 0 saturated heterocycles. The predicted octanol–water partition coefficient (Wildman–Crippen LogP) is 5.84. The number of nitrogens with zero attached hydrogens (tertiary/aromatic N) is 3. The van der Waals surface area contributed by atoms with Crippen LogP contribution in [0.2, 0.25) is 0 Å². The molecular formula is C25H16F10N4O5. The van der Waals surface area contributed by atoms with Gasteiger partial charge in [0.15, 0.2) is 11.7 Å². The zero-order valence-corrected chi connectivity index (χ0v) is 21.2. The van der Waals surface area contributed by atoms with Gasteiger partial charge < -0.3 is 15.5 Å². The molecule has 0 aliphatic heterocycles. The van der Waals surface area contributed by atoms with E-state index in [9.17, 15) is 48.7 Å². The molecule has 0 saturated carbocycles. The van der Waals surface area contributed by atoms with Crippen LogP contribution >= 0.6 is 0 Å². The highest BCUT2D eigenvalue weighted by molar-refractivity contribution is 6.00. The summed E-state index contributed by atoms with van der Waals surface area (Å²) in [6.07, 6.45) is -12.1. The van der Waals surface area contributed by atoms with Gasteiger partial charge >= 0.3 is 30.5 Å².